The van der Waals surface area contributed by atoms with Crippen molar-refractivity contribution in [3.8, 4) is 0 Å². The molecule has 8 nitrogen and oxygen atoms in total. The number of amides is 1. The van der Waals surface area contributed by atoms with Crippen molar-refractivity contribution >= 4 is 31.7 Å². The first kappa shape index (κ1) is 24.2. The van der Waals surface area contributed by atoms with Crippen LogP contribution in [0.4, 0.5) is 0 Å². The van der Waals surface area contributed by atoms with Crippen molar-refractivity contribution in [3.05, 3.63) is 47.5 Å². The van der Waals surface area contributed by atoms with Gasteiger partial charge in [-0.05, 0) is 50.5 Å². The molecule has 1 aliphatic heterocycles. The van der Waals surface area contributed by atoms with E-state index in [0.717, 1.165) is 35.3 Å². The predicted molar refractivity (Wildman–Crippen MR) is 135 cm³/mol. The zero-order valence-corrected chi connectivity index (χ0v) is 21.9. The third-order valence-electron chi connectivity index (χ3n) is 7.17. The van der Waals surface area contributed by atoms with Gasteiger partial charge in [-0.1, -0.05) is 37.5 Å². The van der Waals surface area contributed by atoms with Crippen LogP contribution < -0.4 is 5.32 Å². The smallest absolute Gasteiger partial charge is 0.315 e. The molecule has 0 radical (unpaired) electrons. The molecule has 0 unspecified atom stereocenters. The van der Waals surface area contributed by atoms with Crippen LogP contribution in [0.15, 0.2) is 30.5 Å². The van der Waals surface area contributed by atoms with Gasteiger partial charge in [0.15, 0.2) is 0 Å². The first-order valence-corrected chi connectivity index (χ1v) is 15.0. The van der Waals surface area contributed by atoms with Crippen molar-refractivity contribution in [2.24, 2.45) is 13.0 Å². The van der Waals surface area contributed by atoms with Gasteiger partial charge in [0.25, 0.3) is 5.91 Å². The molecule has 4 rings (SSSR count). The van der Waals surface area contributed by atoms with Gasteiger partial charge >= 0.3 is 5.97 Å². The normalized spacial score (nSPS) is 19.7. The molecule has 3 aromatic rings. The number of benzene rings is 1. The number of ether oxygens (including phenoxy) is 1. The van der Waals surface area contributed by atoms with E-state index in [0.29, 0.717) is 18.2 Å². The summed E-state index contributed by atoms with van der Waals surface area (Å²) in [6.45, 7) is 8.32. The summed E-state index contributed by atoms with van der Waals surface area (Å²) in [6, 6.07) is 9.91. The van der Waals surface area contributed by atoms with E-state index in [1.807, 2.05) is 39.0 Å². The number of aromatic nitrogens is 4. The summed E-state index contributed by atoms with van der Waals surface area (Å²) in [5.74, 6) is 0.691. The lowest BCUT2D eigenvalue weighted by molar-refractivity contribution is -0.148. The van der Waals surface area contributed by atoms with Crippen LogP contribution in [0.3, 0.4) is 0 Å². The Kier molecular flexibility index (Phi) is 6.93. The van der Waals surface area contributed by atoms with Crippen molar-refractivity contribution in [2.45, 2.75) is 63.7 Å². The molecule has 0 aliphatic carbocycles. The molecule has 34 heavy (non-hydrogen) atoms. The fourth-order valence-electron chi connectivity index (χ4n) is 4.84. The van der Waals surface area contributed by atoms with E-state index in [-0.39, 0.29) is 17.9 Å². The van der Waals surface area contributed by atoms with Gasteiger partial charge < -0.3 is 15.0 Å². The van der Waals surface area contributed by atoms with E-state index < -0.39 is 14.2 Å². The standard InChI is InChI=1S/C25H35N5O3Si/c1-6-33-24(32)25(2,3)17-7-8-18-19(15-17)28-22(27-18)21(16-10-13-34(5)14-11-16)29-23(31)20-9-12-26-30(20)4/h7-9,12,15-16,21,34H,6,10-11,13-14H2,1-5H3,(H,27,28)(H,29,31)/t16?,21-,34?/m0/s1. The molecule has 0 spiro atoms. The quantitative estimate of drug-likeness (QED) is 0.394. The van der Waals surface area contributed by atoms with E-state index in [1.54, 1.807) is 24.0 Å². The predicted octanol–water partition coefficient (Wildman–Crippen LogP) is 3.88. The number of nitrogens with one attached hydrogen (secondary N) is 2. The molecule has 1 amide bonds. The highest BCUT2D eigenvalue weighted by Gasteiger charge is 2.34. The van der Waals surface area contributed by atoms with Crippen molar-refractivity contribution in [1.82, 2.24) is 25.1 Å². The lowest BCUT2D eigenvalue weighted by Crippen LogP contribution is -2.37. The van der Waals surface area contributed by atoms with Crippen LogP contribution in [-0.2, 0) is 22.0 Å². The molecule has 1 aliphatic rings. The molecule has 2 N–H and O–H groups in total. The first-order valence-electron chi connectivity index (χ1n) is 12.2. The summed E-state index contributed by atoms with van der Waals surface area (Å²) in [7, 11) is 1.14. The molecule has 1 atom stereocenters. The van der Waals surface area contributed by atoms with Gasteiger partial charge in [0, 0.05) is 22.0 Å². The number of aromatic amines is 1. The maximum atomic E-state index is 13.1. The molecule has 9 heteroatoms. The molecule has 1 fully saturated rings. The number of hydrogen-bond donors (Lipinski definition) is 2. The summed E-state index contributed by atoms with van der Waals surface area (Å²) in [5.41, 5.74) is 2.28. The molecule has 3 heterocycles. The number of imidazole rings is 1. The second-order valence-corrected chi connectivity index (χ2v) is 13.4. The minimum atomic E-state index is -0.771. The Labute approximate surface area is 202 Å². The topological polar surface area (TPSA) is 102 Å². The largest absolute Gasteiger partial charge is 0.465 e. The van der Waals surface area contributed by atoms with Gasteiger partial charge in [-0.3, -0.25) is 14.3 Å². The zero-order valence-electron chi connectivity index (χ0n) is 20.7. The Bertz CT molecular complexity index is 1180. The third kappa shape index (κ3) is 4.80. The highest BCUT2D eigenvalue weighted by Crippen LogP contribution is 2.36. The summed E-state index contributed by atoms with van der Waals surface area (Å²) in [4.78, 5) is 33.9. The van der Waals surface area contributed by atoms with Crippen LogP contribution in [0.1, 0.15) is 61.5 Å². The van der Waals surface area contributed by atoms with E-state index in [4.69, 9.17) is 9.72 Å². The van der Waals surface area contributed by atoms with E-state index >= 15 is 0 Å². The Morgan fingerprint density at radius 3 is 2.68 bits per heavy atom. The van der Waals surface area contributed by atoms with Crippen molar-refractivity contribution in [3.63, 3.8) is 0 Å². The molecule has 0 saturated carbocycles. The van der Waals surface area contributed by atoms with E-state index in [2.05, 4.69) is 21.9 Å². The van der Waals surface area contributed by atoms with Crippen LogP contribution >= 0.6 is 0 Å². The zero-order chi connectivity index (χ0) is 24.5. The summed E-state index contributed by atoms with van der Waals surface area (Å²) in [6.07, 6.45) is 3.83. The van der Waals surface area contributed by atoms with Crippen molar-refractivity contribution in [2.75, 3.05) is 6.61 Å². The Hall–Kier alpha value is -2.94. The van der Waals surface area contributed by atoms with Gasteiger partial charge in [0.1, 0.15) is 11.5 Å². The number of rotatable bonds is 7. The fraction of sp³-hybridized carbons (Fsp3) is 0.520. The molecule has 1 aromatic carbocycles. The summed E-state index contributed by atoms with van der Waals surface area (Å²) in [5, 5.41) is 7.38. The molecular formula is C25H35N5O3Si. The van der Waals surface area contributed by atoms with E-state index in [1.165, 1.54) is 12.1 Å². The Morgan fingerprint density at radius 1 is 1.29 bits per heavy atom. The lowest BCUT2D eigenvalue weighted by Gasteiger charge is -2.31. The molecule has 0 bridgehead atoms. The maximum Gasteiger partial charge on any atom is 0.315 e. The average molecular weight is 482 g/mol. The number of nitrogens with zero attached hydrogens (tertiary/aromatic N) is 3. The van der Waals surface area contributed by atoms with Gasteiger partial charge in [0.05, 0.1) is 29.1 Å². The van der Waals surface area contributed by atoms with Crippen LogP contribution in [0, 0.1) is 5.92 Å². The van der Waals surface area contributed by atoms with Gasteiger partial charge in [-0.25, -0.2) is 4.98 Å². The number of fused-ring (bicyclic) bond motifs is 1. The average Bonchev–Trinajstić information content (AvgIpc) is 3.43. The number of H-pyrrole nitrogens is 1. The van der Waals surface area contributed by atoms with Gasteiger partial charge in [0.2, 0.25) is 0 Å². The van der Waals surface area contributed by atoms with Crippen molar-refractivity contribution in [1.29, 1.82) is 0 Å². The highest BCUT2D eigenvalue weighted by molar-refractivity contribution is 6.57. The van der Waals surface area contributed by atoms with Crippen LogP contribution in [0.5, 0.6) is 0 Å². The Balaban J connectivity index is 1.67. The third-order valence-corrected chi connectivity index (χ3v) is 9.81. The summed E-state index contributed by atoms with van der Waals surface area (Å²) < 4.78 is 6.87. The molecule has 1 saturated heterocycles. The van der Waals surface area contributed by atoms with Crippen LogP contribution in [0.2, 0.25) is 18.6 Å². The van der Waals surface area contributed by atoms with E-state index in [9.17, 15) is 9.59 Å². The first-order chi connectivity index (χ1) is 16.2. The number of aryl methyl sites for hydroxylation is 1. The number of esters is 1. The lowest BCUT2D eigenvalue weighted by atomic mass is 9.84. The molecule has 2 aromatic heterocycles. The maximum absolute atomic E-state index is 13.1. The van der Waals surface area contributed by atoms with Gasteiger partial charge in [-0.2, -0.15) is 5.10 Å². The second kappa shape index (κ2) is 9.73. The SMILES string of the molecule is CCOC(=O)C(C)(C)c1ccc2nc([C@@H](NC(=O)c3ccnn3C)C3CC[SiH](C)CC3)[nH]c2c1. The Morgan fingerprint density at radius 2 is 2.03 bits per heavy atom. The minimum absolute atomic E-state index is 0.148. The van der Waals surface area contributed by atoms with Crippen LogP contribution in [-0.4, -0.2) is 47.0 Å². The van der Waals surface area contributed by atoms with Crippen LogP contribution in [0.25, 0.3) is 11.0 Å². The second-order valence-electron chi connectivity index (χ2n) is 10.0. The molecule has 182 valence electrons. The highest BCUT2D eigenvalue weighted by atomic mass is 28.3. The monoisotopic (exact) mass is 481 g/mol. The molecular weight excluding hydrogens is 446 g/mol. The number of carbonyl (C=O) groups is 2. The number of hydrogen-bond acceptors (Lipinski definition) is 5. The fourth-order valence-corrected chi connectivity index (χ4v) is 7.12. The summed E-state index contributed by atoms with van der Waals surface area (Å²) >= 11 is 0. The van der Waals surface area contributed by atoms with Crippen molar-refractivity contribution < 1.29 is 14.3 Å². The number of carbonyl (C=O) groups excluding carboxylic acids is 2. The minimum Gasteiger partial charge on any atom is -0.465 e. The van der Waals surface area contributed by atoms with Gasteiger partial charge in [-0.15, -0.1) is 0 Å².